The zero-order chi connectivity index (χ0) is 17.4. The number of rotatable bonds is 6. The molecule has 0 radical (unpaired) electrons. The molecule has 1 rings (SSSR count). The third-order valence-corrected chi connectivity index (χ3v) is 3.34. The first kappa shape index (κ1) is 18.8. The summed E-state index contributed by atoms with van der Waals surface area (Å²) in [6.45, 7) is 2.05. The number of nitrogens with zero attached hydrogens (tertiary/aromatic N) is 1. The minimum atomic E-state index is -0.750. The molecule has 0 bridgehead atoms. The number of nitrogens with one attached hydrogen (secondary N) is 1. The molecule has 23 heavy (non-hydrogen) atoms. The van der Waals surface area contributed by atoms with Crippen LogP contribution in [0.4, 0.5) is 5.69 Å². The van der Waals surface area contributed by atoms with Gasteiger partial charge in [-0.25, -0.2) is 9.59 Å². The molecule has 0 unspecified atom stereocenters. The number of halogens is 2. The standard InChI is InChI=1S/C15H14Cl2N2O4/c1-3-6-23-14(20)9(7-18)8-19-11-5-4-10(16)12(13(11)17)15(21)22-2/h4-5,8,19H,3,6H2,1-2H3. The summed E-state index contributed by atoms with van der Waals surface area (Å²) >= 11 is 12.0. The number of carbonyl (C=O) groups excluding carboxylic acids is 2. The van der Waals surface area contributed by atoms with Gasteiger partial charge in [0.15, 0.2) is 5.57 Å². The van der Waals surface area contributed by atoms with E-state index in [9.17, 15) is 9.59 Å². The van der Waals surface area contributed by atoms with Crippen LogP contribution in [0.3, 0.4) is 0 Å². The van der Waals surface area contributed by atoms with Gasteiger partial charge in [-0.1, -0.05) is 30.1 Å². The Kier molecular flexibility index (Phi) is 7.39. The zero-order valence-electron chi connectivity index (χ0n) is 12.5. The lowest BCUT2D eigenvalue weighted by atomic mass is 10.2. The summed E-state index contributed by atoms with van der Waals surface area (Å²) in [7, 11) is 1.20. The van der Waals surface area contributed by atoms with E-state index in [1.165, 1.54) is 19.2 Å². The predicted octanol–water partition coefficient (Wildman–Crippen LogP) is 3.55. The molecule has 8 heteroatoms. The summed E-state index contributed by atoms with van der Waals surface area (Å²) in [5, 5.41) is 11.8. The van der Waals surface area contributed by atoms with Gasteiger partial charge in [-0.05, 0) is 18.6 Å². The lowest BCUT2D eigenvalue weighted by molar-refractivity contribution is -0.138. The van der Waals surface area contributed by atoms with E-state index in [2.05, 4.69) is 10.1 Å². The number of carbonyl (C=O) groups is 2. The highest BCUT2D eigenvalue weighted by atomic mass is 35.5. The summed E-state index contributed by atoms with van der Waals surface area (Å²) in [5.41, 5.74) is 0.0397. The third-order valence-electron chi connectivity index (χ3n) is 2.63. The van der Waals surface area contributed by atoms with Crippen molar-refractivity contribution in [3.8, 4) is 6.07 Å². The van der Waals surface area contributed by atoms with Crippen LogP contribution >= 0.6 is 23.2 Å². The van der Waals surface area contributed by atoms with E-state index >= 15 is 0 Å². The monoisotopic (exact) mass is 356 g/mol. The van der Waals surface area contributed by atoms with Crippen LogP contribution in [0.2, 0.25) is 10.0 Å². The lowest BCUT2D eigenvalue weighted by Gasteiger charge is -2.10. The molecule has 122 valence electrons. The number of hydrogen-bond donors (Lipinski definition) is 1. The summed E-state index contributed by atoms with van der Waals surface area (Å²) in [6, 6.07) is 4.67. The largest absolute Gasteiger partial charge is 0.465 e. The number of benzene rings is 1. The maximum Gasteiger partial charge on any atom is 0.350 e. The molecule has 0 saturated heterocycles. The quantitative estimate of drug-likeness (QED) is 0.476. The van der Waals surface area contributed by atoms with Gasteiger partial charge in [0.1, 0.15) is 6.07 Å². The molecule has 0 amide bonds. The number of nitriles is 1. The second-order valence-corrected chi connectivity index (χ2v) is 5.01. The molecule has 1 aromatic carbocycles. The van der Waals surface area contributed by atoms with E-state index in [0.29, 0.717) is 6.42 Å². The summed E-state index contributed by atoms with van der Waals surface area (Å²) in [5.74, 6) is -1.45. The predicted molar refractivity (Wildman–Crippen MR) is 86.4 cm³/mol. The van der Waals surface area contributed by atoms with E-state index in [1.54, 1.807) is 6.07 Å². The first-order valence-corrected chi connectivity index (χ1v) is 7.32. The van der Waals surface area contributed by atoms with E-state index in [4.69, 9.17) is 33.2 Å². The molecule has 0 heterocycles. The Morgan fingerprint density at radius 2 is 2.09 bits per heavy atom. The SMILES string of the molecule is CCCOC(=O)C(C#N)=CNc1ccc(Cl)c(C(=O)OC)c1Cl. The highest BCUT2D eigenvalue weighted by Gasteiger charge is 2.18. The first-order valence-electron chi connectivity index (χ1n) is 6.56. The van der Waals surface area contributed by atoms with Crippen LogP contribution in [-0.2, 0) is 14.3 Å². The minimum absolute atomic E-state index is 0.0127. The van der Waals surface area contributed by atoms with Gasteiger partial charge in [0.25, 0.3) is 0 Å². The topological polar surface area (TPSA) is 88.4 Å². The molecule has 6 nitrogen and oxygen atoms in total. The van der Waals surface area contributed by atoms with Crippen LogP contribution in [0.15, 0.2) is 23.9 Å². The van der Waals surface area contributed by atoms with Crippen LogP contribution in [0.1, 0.15) is 23.7 Å². The summed E-state index contributed by atoms with van der Waals surface area (Å²) in [6.07, 6.45) is 1.79. The highest BCUT2D eigenvalue weighted by Crippen LogP contribution is 2.32. The van der Waals surface area contributed by atoms with Crippen molar-refractivity contribution in [3.05, 3.63) is 39.5 Å². The average molecular weight is 357 g/mol. The van der Waals surface area contributed by atoms with Gasteiger partial charge in [0.2, 0.25) is 0 Å². The van der Waals surface area contributed by atoms with Crippen molar-refractivity contribution in [2.24, 2.45) is 0 Å². The molecule has 0 aliphatic carbocycles. The molecule has 1 aromatic rings. The van der Waals surface area contributed by atoms with Crippen LogP contribution in [0.25, 0.3) is 0 Å². The fourth-order valence-electron chi connectivity index (χ4n) is 1.51. The van der Waals surface area contributed by atoms with Gasteiger partial charge in [-0.3, -0.25) is 0 Å². The van der Waals surface area contributed by atoms with Gasteiger partial charge >= 0.3 is 11.9 Å². The van der Waals surface area contributed by atoms with Gasteiger partial charge in [0.05, 0.1) is 35.0 Å². The molecular formula is C15H14Cl2N2O4. The average Bonchev–Trinajstić information content (AvgIpc) is 2.54. The van der Waals surface area contributed by atoms with Crippen LogP contribution < -0.4 is 5.32 Å². The van der Waals surface area contributed by atoms with Crippen molar-refractivity contribution in [1.82, 2.24) is 0 Å². The van der Waals surface area contributed by atoms with Crippen molar-refractivity contribution < 1.29 is 19.1 Å². The van der Waals surface area contributed by atoms with Gasteiger partial charge in [-0.2, -0.15) is 5.26 Å². The van der Waals surface area contributed by atoms with Gasteiger partial charge in [-0.15, -0.1) is 0 Å². The van der Waals surface area contributed by atoms with Gasteiger partial charge < -0.3 is 14.8 Å². The second-order valence-electron chi connectivity index (χ2n) is 4.23. The fourth-order valence-corrected chi connectivity index (χ4v) is 2.09. The molecular weight excluding hydrogens is 343 g/mol. The molecule has 0 aliphatic heterocycles. The Balaban J connectivity index is 3.05. The fraction of sp³-hybridized carbons (Fsp3) is 0.267. The van der Waals surface area contributed by atoms with Crippen LogP contribution in [0, 0.1) is 11.3 Å². The molecule has 1 N–H and O–H groups in total. The number of ether oxygens (including phenoxy) is 2. The molecule has 0 aliphatic rings. The van der Waals surface area contributed by atoms with Crippen molar-refractivity contribution in [2.75, 3.05) is 19.0 Å². The normalized spacial score (nSPS) is 10.7. The Morgan fingerprint density at radius 3 is 2.65 bits per heavy atom. The van der Waals surface area contributed by atoms with Crippen molar-refractivity contribution in [1.29, 1.82) is 5.26 Å². The third kappa shape index (κ3) is 4.88. The highest BCUT2D eigenvalue weighted by molar-refractivity contribution is 6.41. The summed E-state index contributed by atoms with van der Waals surface area (Å²) < 4.78 is 9.47. The Hall–Kier alpha value is -2.23. The number of anilines is 1. The number of hydrogen-bond acceptors (Lipinski definition) is 6. The van der Waals surface area contributed by atoms with E-state index in [1.807, 2.05) is 6.92 Å². The molecule has 0 fully saturated rings. The number of methoxy groups -OCH3 is 1. The molecule has 0 aromatic heterocycles. The lowest BCUT2D eigenvalue weighted by Crippen LogP contribution is -2.09. The van der Waals surface area contributed by atoms with E-state index < -0.39 is 11.9 Å². The van der Waals surface area contributed by atoms with E-state index in [-0.39, 0.29) is 33.5 Å². The molecule has 0 atom stereocenters. The van der Waals surface area contributed by atoms with Crippen LogP contribution in [-0.4, -0.2) is 25.7 Å². The molecule has 0 spiro atoms. The Morgan fingerprint density at radius 1 is 1.39 bits per heavy atom. The van der Waals surface area contributed by atoms with Gasteiger partial charge in [0, 0.05) is 6.20 Å². The first-order chi connectivity index (χ1) is 11.0. The number of esters is 2. The maximum atomic E-state index is 11.7. The molecule has 0 saturated carbocycles. The zero-order valence-corrected chi connectivity index (χ0v) is 14.0. The van der Waals surface area contributed by atoms with Crippen molar-refractivity contribution >= 4 is 40.8 Å². The Labute approximate surface area is 143 Å². The smallest absolute Gasteiger partial charge is 0.350 e. The summed E-state index contributed by atoms with van der Waals surface area (Å²) in [4.78, 5) is 23.3. The van der Waals surface area contributed by atoms with E-state index in [0.717, 1.165) is 6.20 Å². The second kappa shape index (κ2) is 9.03. The minimum Gasteiger partial charge on any atom is -0.465 e. The van der Waals surface area contributed by atoms with Crippen molar-refractivity contribution in [2.45, 2.75) is 13.3 Å². The van der Waals surface area contributed by atoms with Crippen molar-refractivity contribution in [3.63, 3.8) is 0 Å². The maximum absolute atomic E-state index is 11.7. The Bertz CT molecular complexity index is 681. The van der Waals surface area contributed by atoms with Crippen LogP contribution in [0.5, 0.6) is 0 Å².